The van der Waals surface area contributed by atoms with Gasteiger partial charge in [0.1, 0.15) is 4.21 Å². The molecule has 0 bridgehead atoms. The number of thiophene rings is 1. The van der Waals surface area contributed by atoms with Gasteiger partial charge < -0.3 is 0 Å². The van der Waals surface area contributed by atoms with Gasteiger partial charge in [0.05, 0.1) is 8.81 Å². The Balaban J connectivity index is 3.22. The van der Waals surface area contributed by atoms with Gasteiger partial charge in [-0.2, -0.15) is 0 Å². The summed E-state index contributed by atoms with van der Waals surface area (Å²) in [6.07, 6.45) is 0. The highest BCUT2D eigenvalue weighted by Gasteiger charge is 2.16. The van der Waals surface area contributed by atoms with Crippen molar-refractivity contribution >= 4 is 48.9 Å². The van der Waals surface area contributed by atoms with Gasteiger partial charge in [-0.25, -0.2) is 8.42 Å². The van der Waals surface area contributed by atoms with E-state index in [0.717, 1.165) is 11.3 Å². The van der Waals surface area contributed by atoms with Crippen LogP contribution in [0.2, 0.25) is 5.02 Å². The number of nitrogens with two attached hydrogens (primary N) is 1. The second kappa shape index (κ2) is 3.60. The molecular weight excluding hydrogens is 288 g/mol. The first-order chi connectivity index (χ1) is 5.47. The molecule has 1 aromatic heterocycles. The van der Waals surface area contributed by atoms with Crippen LogP contribution in [0.3, 0.4) is 0 Å². The largest absolute Gasteiger partial charge is 0.262 e. The van der Waals surface area contributed by atoms with E-state index in [9.17, 15) is 8.42 Å². The minimum atomic E-state index is -3.57. The lowest BCUT2D eigenvalue weighted by Gasteiger charge is -1.94. The van der Waals surface area contributed by atoms with Gasteiger partial charge >= 0.3 is 0 Å². The molecule has 0 aliphatic carbocycles. The molecule has 0 spiro atoms. The lowest BCUT2D eigenvalue weighted by Crippen LogP contribution is -2.29. The lowest BCUT2D eigenvalue weighted by molar-refractivity contribution is 0.586. The van der Waals surface area contributed by atoms with E-state index in [-0.39, 0.29) is 4.21 Å². The Bertz CT molecular complexity index is 368. The van der Waals surface area contributed by atoms with Gasteiger partial charge in [0, 0.05) is 0 Å². The standard InChI is InChI=1S/C4H4BrClN2O2S2/c5-4-2(6)1-3(11-4)12(9,10)8-7/h1,8H,7H2. The molecule has 0 radical (unpaired) electrons. The third-order valence-corrected chi connectivity index (χ3v) is 5.18. The van der Waals surface area contributed by atoms with Gasteiger partial charge in [-0.3, -0.25) is 5.84 Å². The van der Waals surface area contributed by atoms with Crippen LogP contribution < -0.4 is 10.7 Å². The number of hydrazine groups is 1. The summed E-state index contributed by atoms with van der Waals surface area (Å²) in [4.78, 5) is 1.70. The Hall–Kier alpha value is 0.340. The Morgan fingerprint density at radius 2 is 2.25 bits per heavy atom. The Labute approximate surface area is 86.9 Å². The highest BCUT2D eigenvalue weighted by molar-refractivity contribution is 9.11. The number of hydrogen-bond acceptors (Lipinski definition) is 4. The molecule has 0 fully saturated rings. The fraction of sp³-hybridized carbons (Fsp3) is 0. The highest BCUT2D eigenvalue weighted by Crippen LogP contribution is 2.34. The topological polar surface area (TPSA) is 72.2 Å². The predicted molar refractivity (Wildman–Crippen MR) is 51.5 cm³/mol. The number of rotatable bonds is 2. The normalized spacial score (nSPS) is 11.9. The summed E-state index contributed by atoms with van der Waals surface area (Å²) in [5.41, 5.74) is 0. The number of nitrogens with one attached hydrogen (secondary N) is 1. The minimum absolute atomic E-state index is 0.0851. The van der Waals surface area contributed by atoms with Crippen molar-refractivity contribution in [2.75, 3.05) is 0 Å². The van der Waals surface area contributed by atoms with Gasteiger partial charge in [-0.05, 0) is 22.0 Å². The third-order valence-electron chi connectivity index (χ3n) is 1.04. The van der Waals surface area contributed by atoms with Gasteiger partial charge in [-0.1, -0.05) is 11.6 Å². The SMILES string of the molecule is NNS(=O)(=O)c1cc(Cl)c(Br)s1. The molecular formula is C4H4BrClN2O2S2. The Morgan fingerprint density at radius 3 is 2.58 bits per heavy atom. The quantitative estimate of drug-likeness (QED) is 0.637. The number of sulfonamides is 1. The summed E-state index contributed by atoms with van der Waals surface area (Å²) in [6.45, 7) is 0. The van der Waals surface area contributed by atoms with Crippen LogP contribution in [0.5, 0.6) is 0 Å². The molecule has 0 saturated carbocycles. The highest BCUT2D eigenvalue weighted by atomic mass is 79.9. The van der Waals surface area contributed by atoms with Crippen molar-refractivity contribution in [1.29, 1.82) is 0 Å². The molecule has 0 unspecified atom stereocenters. The smallest absolute Gasteiger partial charge is 0.257 e. The van der Waals surface area contributed by atoms with Gasteiger partial charge in [0.15, 0.2) is 0 Å². The molecule has 0 aliphatic rings. The van der Waals surface area contributed by atoms with Crippen molar-refractivity contribution in [1.82, 2.24) is 4.83 Å². The number of halogens is 2. The summed E-state index contributed by atoms with van der Waals surface area (Å²) in [5.74, 6) is 4.81. The van der Waals surface area contributed by atoms with Crippen LogP contribution in [0.1, 0.15) is 0 Å². The molecule has 0 saturated heterocycles. The van der Waals surface area contributed by atoms with E-state index in [1.54, 1.807) is 4.83 Å². The molecule has 1 aromatic rings. The average Bonchev–Trinajstić information content (AvgIpc) is 2.33. The zero-order chi connectivity index (χ0) is 9.35. The fourth-order valence-electron chi connectivity index (χ4n) is 0.517. The molecule has 8 heteroatoms. The summed E-state index contributed by atoms with van der Waals surface area (Å²) in [7, 11) is -3.57. The second-order valence-electron chi connectivity index (χ2n) is 1.81. The molecule has 3 N–H and O–H groups in total. The molecule has 12 heavy (non-hydrogen) atoms. The molecule has 1 rings (SSSR count). The van der Waals surface area contributed by atoms with E-state index in [1.165, 1.54) is 6.07 Å². The van der Waals surface area contributed by atoms with Crippen LogP contribution in [-0.2, 0) is 10.0 Å². The van der Waals surface area contributed by atoms with Crippen LogP contribution in [-0.4, -0.2) is 8.42 Å². The summed E-state index contributed by atoms with van der Waals surface area (Å²) >= 11 is 9.71. The Morgan fingerprint density at radius 1 is 1.67 bits per heavy atom. The van der Waals surface area contributed by atoms with Crippen molar-refractivity contribution < 1.29 is 8.42 Å². The van der Waals surface area contributed by atoms with Gasteiger partial charge in [0.25, 0.3) is 10.0 Å². The molecule has 0 amide bonds. The van der Waals surface area contributed by atoms with E-state index >= 15 is 0 Å². The maximum Gasteiger partial charge on any atom is 0.262 e. The summed E-state index contributed by atoms with van der Waals surface area (Å²) in [5, 5.41) is 0.355. The average molecular weight is 292 g/mol. The fourth-order valence-corrected chi connectivity index (χ4v) is 3.56. The molecule has 0 aromatic carbocycles. The van der Waals surface area contributed by atoms with E-state index in [2.05, 4.69) is 15.9 Å². The molecule has 0 atom stereocenters. The van der Waals surface area contributed by atoms with E-state index < -0.39 is 10.0 Å². The molecule has 68 valence electrons. The molecule has 1 heterocycles. The van der Waals surface area contributed by atoms with Crippen molar-refractivity contribution in [3.05, 3.63) is 14.9 Å². The second-order valence-corrected chi connectivity index (χ2v) is 6.53. The van der Waals surface area contributed by atoms with Crippen molar-refractivity contribution in [3.8, 4) is 0 Å². The van der Waals surface area contributed by atoms with E-state index in [0.29, 0.717) is 8.81 Å². The molecule has 4 nitrogen and oxygen atoms in total. The van der Waals surface area contributed by atoms with Gasteiger partial charge in [0.2, 0.25) is 0 Å². The van der Waals surface area contributed by atoms with Crippen molar-refractivity contribution in [3.63, 3.8) is 0 Å². The zero-order valence-electron chi connectivity index (χ0n) is 5.54. The first kappa shape index (κ1) is 10.4. The maximum absolute atomic E-state index is 11.1. The van der Waals surface area contributed by atoms with E-state index in [4.69, 9.17) is 17.4 Å². The van der Waals surface area contributed by atoms with Crippen LogP contribution in [0.4, 0.5) is 0 Å². The van der Waals surface area contributed by atoms with E-state index in [1.807, 2.05) is 0 Å². The number of hydrogen-bond donors (Lipinski definition) is 2. The maximum atomic E-state index is 11.1. The first-order valence-electron chi connectivity index (χ1n) is 2.64. The Kier molecular flexibility index (Phi) is 3.13. The van der Waals surface area contributed by atoms with Crippen molar-refractivity contribution in [2.45, 2.75) is 4.21 Å². The predicted octanol–water partition coefficient (Wildman–Crippen LogP) is 1.32. The van der Waals surface area contributed by atoms with Crippen LogP contribution in [0, 0.1) is 0 Å². The summed E-state index contributed by atoms with van der Waals surface area (Å²) < 4.78 is 22.8. The third kappa shape index (κ3) is 1.98. The monoisotopic (exact) mass is 290 g/mol. The first-order valence-corrected chi connectivity index (χ1v) is 6.11. The zero-order valence-corrected chi connectivity index (χ0v) is 9.52. The van der Waals surface area contributed by atoms with Crippen molar-refractivity contribution in [2.24, 2.45) is 5.84 Å². The van der Waals surface area contributed by atoms with Gasteiger partial charge in [-0.15, -0.1) is 16.2 Å². The molecule has 0 aliphatic heterocycles. The lowest BCUT2D eigenvalue weighted by atomic mass is 10.7. The minimum Gasteiger partial charge on any atom is -0.257 e. The van der Waals surface area contributed by atoms with Crippen LogP contribution >= 0.6 is 38.9 Å². The summed E-state index contributed by atoms with van der Waals surface area (Å²) in [6, 6.07) is 1.32. The van der Waals surface area contributed by atoms with Crippen LogP contribution in [0.15, 0.2) is 14.1 Å². The van der Waals surface area contributed by atoms with Crippen LogP contribution in [0.25, 0.3) is 0 Å².